The lowest BCUT2D eigenvalue weighted by Crippen LogP contribution is -2.03. The van der Waals surface area contributed by atoms with Crippen molar-refractivity contribution in [1.29, 1.82) is 0 Å². The molecule has 0 amide bonds. The first-order valence-corrected chi connectivity index (χ1v) is 8.05. The Labute approximate surface area is 117 Å². The van der Waals surface area contributed by atoms with E-state index in [0.29, 0.717) is 5.37 Å². The van der Waals surface area contributed by atoms with Gasteiger partial charge in [0.1, 0.15) is 5.37 Å². The summed E-state index contributed by atoms with van der Waals surface area (Å²) in [5.74, 6) is 0. The van der Waals surface area contributed by atoms with Gasteiger partial charge in [-0.05, 0) is 48.9 Å². The Hall–Kier alpha value is -0.930. The lowest BCUT2D eigenvalue weighted by molar-refractivity contribution is 1.04. The molecule has 3 heteroatoms. The van der Waals surface area contributed by atoms with Crippen LogP contribution in [0.25, 0.3) is 0 Å². The van der Waals surface area contributed by atoms with Crippen molar-refractivity contribution in [2.45, 2.75) is 37.5 Å². The summed E-state index contributed by atoms with van der Waals surface area (Å²) in [4.78, 5) is 2.83. The summed E-state index contributed by atoms with van der Waals surface area (Å²) in [5, 5.41) is 6.35. The largest absolute Gasteiger partial charge is 0.368 e. The van der Waals surface area contributed by atoms with Gasteiger partial charge in [-0.1, -0.05) is 24.8 Å². The Bertz CT molecular complexity index is 586. The third-order valence-corrected chi connectivity index (χ3v) is 5.57. The molecule has 18 heavy (non-hydrogen) atoms. The molecular weight excluding hydrogens is 258 g/mol. The minimum Gasteiger partial charge on any atom is -0.368 e. The van der Waals surface area contributed by atoms with Crippen LogP contribution in [0.4, 0.5) is 5.69 Å². The minimum atomic E-state index is 0.392. The van der Waals surface area contributed by atoms with Crippen LogP contribution in [0.15, 0.2) is 28.5 Å². The Morgan fingerprint density at radius 3 is 2.89 bits per heavy atom. The number of anilines is 1. The van der Waals surface area contributed by atoms with Gasteiger partial charge in [-0.25, -0.2) is 0 Å². The zero-order valence-electron chi connectivity index (χ0n) is 10.9. The molecule has 1 aliphatic heterocycles. The van der Waals surface area contributed by atoms with Gasteiger partial charge in [-0.15, -0.1) is 11.3 Å². The van der Waals surface area contributed by atoms with Gasteiger partial charge in [0, 0.05) is 21.0 Å². The summed E-state index contributed by atoms with van der Waals surface area (Å²) in [6.07, 6.45) is 1.12. The predicted molar refractivity (Wildman–Crippen MR) is 81.8 cm³/mol. The highest BCUT2D eigenvalue weighted by Crippen LogP contribution is 2.49. The first-order valence-electron chi connectivity index (χ1n) is 6.29. The van der Waals surface area contributed by atoms with Crippen LogP contribution in [0.3, 0.4) is 0 Å². The first kappa shape index (κ1) is 12.1. The third-order valence-electron chi connectivity index (χ3n) is 3.41. The maximum atomic E-state index is 3.65. The molecule has 3 rings (SSSR count). The molecule has 1 aromatic carbocycles. The molecule has 2 heterocycles. The van der Waals surface area contributed by atoms with Crippen molar-refractivity contribution < 1.29 is 0 Å². The SMILES string of the molecule is CCc1csc(C)c1C1Nc2ccc(C)cc2S1. The smallest absolute Gasteiger partial charge is 0.104 e. The van der Waals surface area contributed by atoms with Gasteiger partial charge in [-0.2, -0.15) is 0 Å². The zero-order valence-corrected chi connectivity index (χ0v) is 12.5. The Morgan fingerprint density at radius 2 is 2.11 bits per heavy atom. The number of nitrogens with one attached hydrogen (secondary N) is 1. The molecule has 1 N–H and O–H groups in total. The second-order valence-electron chi connectivity index (χ2n) is 4.73. The van der Waals surface area contributed by atoms with Crippen LogP contribution >= 0.6 is 23.1 Å². The average Bonchev–Trinajstić information content (AvgIpc) is 2.91. The standard InChI is InChI=1S/C15H17NS2/c1-4-11-8-17-10(3)14(11)15-16-12-6-5-9(2)7-13(12)18-15/h5-8,15-16H,4H2,1-3H3. The summed E-state index contributed by atoms with van der Waals surface area (Å²) in [6.45, 7) is 6.62. The van der Waals surface area contributed by atoms with Crippen LogP contribution in [-0.2, 0) is 6.42 Å². The number of fused-ring (bicyclic) bond motifs is 1. The molecule has 1 unspecified atom stereocenters. The van der Waals surface area contributed by atoms with E-state index in [1.807, 2.05) is 23.1 Å². The Balaban J connectivity index is 1.96. The van der Waals surface area contributed by atoms with Crippen molar-refractivity contribution in [1.82, 2.24) is 0 Å². The lowest BCUT2D eigenvalue weighted by Gasteiger charge is -2.13. The van der Waals surface area contributed by atoms with E-state index in [0.717, 1.165) is 6.42 Å². The first-order chi connectivity index (χ1) is 8.69. The van der Waals surface area contributed by atoms with Gasteiger partial charge >= 0.3 is 0 Å². The average molecular weight is 275 g/mol. The van der Waals surface area contributed by atoms with E-state index in [1.165, 1.54) is 32.2 Å². The maximum absolute atomic E-state index is 3.65. The highest BCUT2D eigenvalue weighted by atomic mass is 32.2. The second-order valence-corrected chi connectivity index (χ2v) is 6.96. The number of thiophene rings is 1. The van der Waals surface area contributed by atoms with Crippen LogP contribution in [0.2, 0.25) is 0 Å². The Kier molecular flexibility index (Phi) is 3.12. The van der Waals surface area contributed by atoms with E-state index in [9.17, 15) is 0 Å². The van der Waals surface area contributed by atoms with Crippen LogP contribution in [0.5, 0.6) is 0 Å². The predicted octanol–water partition coefficient (Wildman–Crippen LogP) is 5.14. The molecule has 0 saturated heterocycles. The number of aryl methyl sites for hydroxylation is 3. The normalized spacial score (nSPS) is 17.6. The van der Waals surface area contributed by atoms with Crippen molar-refractivity contribution in [3.8, 4) is 0 Å². The summed E-state index contributed by atoms with van der Waals surface area (Å²) in [5.41, 5.74) is 5.61. The van der Waals surface area contributed by atoms with Gasteiger partial charge < -0.3 is 5.32 Å². The van der Waals surface area contributed by atoms with Crippen molar-refractivity contribution >= 4 is 28.8 Å². The number of benzene rings is 1. The van der Waals surface area contributed by atoms with Crippen molar-refractivity contribution in [2.24, 2.45) is 0 Å². The number of rotatable bonds is 2. The van der Waals surface area contributed by atoms with E-state index in [4.69, 9.17) is 0 Å². The number of thioether (sulfide) groups is 1. The van der Waals surface area contributed by atoms with E-state index in [1.54, 1.807) is 0 Å². The van der Waals surface area contributed by atoms with E-state index in [-0.39, 0.29) is 0 Å². The van der Waals surface area contributed by atoms with Gasteiger partial charge in [0.25, 0.3) is 0 Å². The minimum absolute atomic E-state index is 0.392. The van der Waals surface area contributed by atoms with Crippen LogP contribution in [0, 0.1) is 13.8 Å². The monoisotopic (exact) mass is 275 g/mol. The molecule has 94 valence electrons. The molecule has 1 atom stereocenters. The summed E-state index contributed by atoms with van der Waals surface area (Å²) in [6, 6.07) is 6.65. The molecule has 1 nitrogen and oxygen atoms in total. The third kappa shape index (κ3) is 1.95. The van der Waals surface area contributed by atoms with E-state index < -0.39 is 0 Å². The van der Waals surface area contributed by atoms with Gasteiger partial charge in [0.05, 0.1) is 0 Å². The Morgan fingerprint density at radius 1 is 1.28 bits per heavy atom. The molecular formula is C15H17NS2. The second kappa shape index (κ2) is 4.63. The fourth-order valence-electron chi connectivity index (χ4n) is 2.41. The molecule has 0 spiro atoms. The molecule has 0 radical (unpaired) electrons. The molecule has 1 aromatic heterocycles. The number of hydrogen-bond donors (Lipinski definition) is 1. The van der Waals surface area contributed by atoms with Crippen molar-refractivity contribution in [2.75, 3.05) is 5.32 Å². The lowest BCUT2D eigenvalue weighted by atomic mass is 10.1. The molecule has 0 aliphatic carbocycles. The fraction of sp³-hybridized carbons (Fsp3) is 0.333. The van der Waals surface area contributed by atoms with Gasteiger partial charge in [0.2, 0.25) is 0 Å². The van der Waals surface area contributed by atoms with Crippen molar-refractivity contribution in [3.05, 3.63) is 45.1 Å². The van der Waals surface area contributed by atoms with E-state index >= 15 is 0 Å². The van der Waals surface area contributed by atoms with Crippen LogP contribution in [0.1, 0.15) is 33.9 Å². The molecule has 1 aliphatic rings. The molecule has 2 aromatic rings. The fourth-order valence-corrected chi connectivity index (χ4v) is 4.87. The van der Waals surface area contributed by atoms with Gasteiger partial charge in [-0.3, -0.25) is 0 Å². The maximum Gasteiger partial charge on any atom is 0.104 e. The molecule has 0 bridgehead atoms. The molecule has 0 fully saturated rings. The van der Waals surface area contributed by atoms with Gasteiger partial charge in [0.15, 0.2) is 0 Å². The van der Waals surface area contributed by atoms with Crippen LogP contribution in [-0.4, -0.2) is 0 Å². The highest BCUT2D eigenvalue weighted by Gasteiger charge is 2.26. The highest BCUT2D eigenvalue weighted by molar-refractivity contribution is 8.00. The quantitative estimate of drug-likeness (QED) is 0.814. The van der Waals surface area contributed by atoms with Crippen molar-refractivity contribution in [3.63, 3.8) is 0 Å². The summed E-state index contributed by atoms with van der Waals surface area (Å²) >= 11 is 3.82. The summed E-state index contributed by atoms with van der Waals surface area (Å²) < 4.78 is 0. The molecule has 0 saturated carbocycles. The summed E-state index contributed by atoms with van der Waals surface area (Å²) in [7, 11) is 0. The zero-order chi connectivity index (χ0) is 12.7. The van der Waals surface area contributed by atoms with E-state index in [2.05, 4.69) is 49.7 Å². The topological polar surface area (TPSA) is 12.0 Å². The van der Waals surface area contributed by atoms with Crippen LogP contribution < -0.4 is 5.32 Å². The number of hydrogen-bond acceptors (Lipinski definition) is 3.